The molecule has 9 nitrogen and oxygen atoms in total. The van der Waals surface area contributed by atoms with Crippen LogP contribution in [0.5, 0.6) is 0 Å². The summed E-state index contributed by atoms with van der Waals surface area (Å²) in [6.45, 7) is 3.57. The summed E-state index contributed by atoms with van der Waals surface area (Å²) in [5.41, 5.74) is 5.56. The molecule has 1 aromatic rings. The molecule has 1 saturated heterocycles. The van der Waals surface area contributed by atoms with Gasteiger partial charge in [-0.05, 0) is 6.92 Å². The second-order valence-electron chi connectivity index (χ2n) is 4.57. The molecule has 10 heteroatoms. The van der Waals surface area contributed by atoms with Gasteiger partial charge >= 0.3 is 0 Å². The van der Waals surface area contributed by atoms with E-state index in [1.165, 1.54) is 16.7 Å². The second-order valence-corrected chi connectivity index (χ2v) is 6.51. The number of amidine groups is 1. The molecule has 112 valence electrons. The van der Waals surface area contributed by atoms with Gasteiger partial charge in [0.2, 0.25) is 10.0 Å². The molecular formula is C10H18N6O3S. The van der Waals surface area contributed by atoms with Crippen LogP contribution in [-0.4, -0.2) is 71.1 Å². The monoisotopic (exact) mass is 302 g/mol. The first-order valence-electron chi connectivity index (χ1n) is 6.17. The Kier molecular flexibility index (Phi) is 4.26. The summed E-state index contributed by atoms with van der Waals surface area (Å²) >= 11 is 0. The standard InChI is InChI=1S/C10H18N6O3S/c1-8(10(11)14-17)15-2-4-16(5-3-15)20(18,19)9-6-12-13-7-9/h6-8,17H,2-5H2,1H3,(H2,11,14)(H,12,13). The number of nitrogens with two attached hydrogens (primary N) is 1. The number of hydrogen-bond donors (Lipinski definition) is 3. The van der Waals surface area contributed by atoms with Gasteiger partial charge in [-0.1, -0.05) is 5.16 Å². The van der Waals surface area contributed by atoms with Crippen molar-refractivity contribution in [1.82, 2.24) is 19.4 Å². The highest BCUT2D eigenvalue weighted by molar-refractivity contribution is 7.89. The van der Waals surface area contributed by atoms with Crippen molar-refractivity contribution in [3.63, 3.8) is 0 Å². The van der Waals surface area contributed by atoms with Crippen molar-refractivity contribution in [3.8, 4) is 0 Å². The number of hydrogen-bond acceptors (Lipinski definition) is 6. The summed E-state index contributed by atoms with van der Waals surface area (Å²) in [6, 6.07) is -0.223. The van der Waals surface area contributed by atoms with Crippen LogP contribution in [0.15, 0.2) is 22.4 Å². The lowest BCUT2D eigenvalue weighted by Crippen LogP contribution is -2.54. The van der Waals surface area contributed by atoms with E-state index in [1.54, 1.807) is 0 Å². The summed E-state index contributed by atoms with van der Waals surface area (Å²) in [6.07, 6.45) is 2.65. The van der Waals surface area contributed by atoms with Gasteiger partial charge in [-0.25, -0.2) is 8.42 Å². The van der Waals surface area contributed by atoms with Crippen LogP contribution < -0.4 is 5.73 Å². The fraction of sp³-hybridized carbons (Fsp3) is 0.600. The molecule has 1 fully saturated rings. The van der Waals surface area contributed by atoms with E-state index in [1.807, 2.05) is 11.8 Å². The first-order valence-corrected chi connectivity index (χ1v) is 7.61. The van der Waals surface area contributed by atoms with Gasteiger partial charge in [0.25, 0.3) is 0 Å². The number of nitrogens with zero attached hydrogens (tertiary/aromatic N) is 4. The van der Waals surface area contributed by atoms with Crippen molar-refractivity contribution >= 4 is 15.9 Å². The smallest absolute Gasteiger partial charge is 0.246 e. The van der Waals surface area contributed by atoms with Gasteiger partial charge in [0, 0.05) is 32.4 Å². The van der Waals surface area contributed by atoms with E-state index >= 15 is 0 Å². The van der Waals surface area contributed by atoms with Crippen LogP contribution in [0.3, 0.4) is 0 Å². The minimum atomic E-state index is -3.49. The first kappa shape index (κ1) is 14.8. The minimum Gasteiger partial charge on any atom is -0.409 e. The first-order chi connectivity index (χ1) is 9.46. The molecule has 0 bridgehead atoms. The Morgan fingerprint density at radius 1 is 1.50 bits per heavy atom. The van der Waals surface area contributed by atoms with Gasteiger partial charge in [0.15, 0.2) is 5.84 Å². The van der Waals surface area contributed by atoms with E-state index < -0.39 is 10.0 Å². The number of nitrogens with one attached hydrogen (secondary N) is 1. The summed E-state index contributed by atoms with van der Waals surface area (Å²) in [4.78, 5) is 2.13. The number of sulfonamides is 1. The maximum atomic E-state index is 12.3. The largest absolute Gasteiger partial charge is 0.409 e. The van der Waals surface area contributed by atoms with Crippen molar-refractivity contribution < 1.29 is 13.6 Å². The molecule has 1 aromatic heterocycles. The molecule has 0 aromatic carbocycles. The zero-order valence-corrected chi connectivity index (χ0v) is 11.9. The predicted octanol–water partition coefficient (Wildman–Crippen LogP) is -1.15. The topological polar surface area (TPSA) is 128 Å². The van der Waals surface area contributed by atoms with Crippen molar-refractivity contribution in [2.45, 2.75) is 17.9 Å². The number of H-pyrrole nitrogens is 1. The van der Waals surface area contributed by atoms with E-state index in [0.29, 0.717) is 26.2 Å². The third-order valence-electron chi connectivity index (χ3n) is 3.48. The molecular weight excluding hydrogens is 284 g/mol. The van der Waals surface area contributed by atoms with Gasteiger partial charge in [-0.15, -0.1) is 0 Å². The van der Waals surface area contributed by atoms with Gasteiger partial charge < -0.3 is 10.9 Å². The van der Waals surface area contributed by atoms with Gasteiger partial charge in [-0.2, -0.15) is 9.40 Å². The molecule has 0 aliphatic carbocycles. The van der Waals surface area contributed by atoms with Gasteiger partial charge in [0.05, 0.1) is 12.2 Å². The second kappa shape index (κ2) is 5.77. The Balaban J connectivity index is 2.02. The fourth-order valence-electron chi connectivity index (χ4n) is 2.13. The van der Waals surface area contributed by atoms with Crippen LogP contribution in [0.1, 0.15) is 6.92 Å². The summed E-state index contributed by atoms with van der Waals surface area (Å²) < 4.78 is 26.0. The summed E-state index contributed by atoms with van der Waals surface area (Å²) in [7, 11) is -3.49. The van der Waals surface area contributed by atoms with Crippen LogP contribution in [0.25, 0.3) is 0 Å². The number of piperazine rings is 1. The number of rotatable bonds is 4. The van der Waals surface area contributed by atoms with Gasteiger partial charge in [-0.3, -0.25) is 10.00 Å². The quantitative estimate of drug-likeness (QED) is 0.279. The molecule has 0 spiro atoms. The summed E-state index contributed by atoms with van der Waals surface area (Å²) in [5.74, 6) is 0.121. The molecule has 0 saturated carbocycles. The maximum Gasteiger partial charge on any atom is 0.246 e. The third-order valence-corrected chi connectivity index (χ3v) is 5.34. The summed E-state index contributed by atoms with van der Waals surface area (Å²) in [5, 5.41) is 17.8. The lowest BCUT2D eigenvalue weighted by atomic mass is 10.2. The lowest BCUT2D eigenvalue weighted by Gasteiger charge is -2.36. The fourth-order valence-corrected chi connectivity index (χ4v) is 3.46. The molecule has 4 N–H and O–H groups in total. The average Bonchev–Trinajstić information content (AvgIpc) is 3.00. The molecule has 2 heterocycles. The highest BCUT2D eigenvalue weighted by atomic mass is 32.2. The zero-order valence-electron chi connectivity index (χ0n) is 11.1. The van der Waals surface area contributed by atoms with Crippen molar-refractivity contribution in [3.05, 3.63) is 12.4 Å². The third kappa shape index (κ3) is 2.76. The van der Waals surface area contributed by atoms with E-state index in [9.17, 15) is 8.42 Å². The maximum absolute atomic E-state index is 12.3. The van der Waals surface area contributed by atoms with Crippen LogP contribution >= 0.6 is 0 Å². The van der Waals surface area contributed by atoms with Crippen LogP contribution in [-0.2, 0) is 10.0 Å². The van der Waals surface area contributed by atoms with Crippen LogP contribution in [0, 0.1) is 0 Å². The Morgan fingerprint density at radius 3 is 2.65 bits per heavy atom. The Labute approximate surface area is 117 Å². The number of oxime groups is 1. The number of aromatic nitrogens is 2. The molecule has 20 heavy (non-hydrogen) atoms. The predicted molar refractivity (Wildman–Crippen MR) is 71.8 cm³/mol. The molecule has 2 rings (SSSR count). The Morgan fingerprint density at radius 2 is 2.15 bits per heavy atom. The minimum absolute atomic E-state index is 0.121. The van der Waals surface area contributed by atoms with E-state index in [4.69, 9.17) is 10.9 Å². The lowest BCUT2D eigenvalue weighted by molar-refractivity contribution is 0.171. The van der Waals surface area contributed by atoms with E-state index in [0.717, 1.165) is 0 Å². The molecule has 1 aliphatic rings. The highest BCUT2D eigenvalue weighted by Crippen LogP contribution is 2.17. The molecule has 0 radical (unpaired) electrons. The Hall–Kier alpha value is -1.65. The number of aromatic amines is 1. The van der Waals surface area contributed by atoms with Crippen molar-refractivity contribution in [1.29, 1.82) is 0 Å². The molecule has 1 aliphatic heterocycles. The normalized spacial score (nSPS) is 20.9. The SMILES string of the molecule is CC(C(N)=NO)N1CCN(S(=O)(=O)c2cn[nH]c2)CC1. The highest BCUT2D eigenvalue weighted by Gasteiger charge is 2.31. The van der Waals surface area contributed by atoms with Crippen molar-refractivity contribution in [2.24, 2.45) is 10.9 Å². The molecule has 0 amide bonds. The van der Waals surface area contributed by atoms with E-state index in [2.05, 4.69) is 15.4 Å². The molecule has 1 atom stereocenters. The van der Waals surface area contributed by atoms with Crippen LogP contribution in [0.4, 0.5) is 0 Å². The average molecular weight is 302 g/mol. The van der Waals surface area contributed by atoms with Gasteiger partial charge in [0.1, 0.15) is 4.90 Å². The van der Waals surface area contributed by atoms with Crippen molar-refractivity contribution in [2.75, 3.05) is 26.2 Å². The van der Waals surface area contributed by atoms with Crippen LogP contribution in [0.2, 0.25) is 0 Å². The van der Waals surface area contributed by atoms with E-state index in [-0.39, 0.29) is 16.8 Å². The zero-order chi connectivity index (χ0) is 14.8. The Bertz CT molecular complexity index is 562. The molecule has 1 unspecified atom stereocenters.